The summed E-state index contributed by atoms with van der Waals surface area (Å²) in [5.74, 6) is 1.45. The molecule has 0 amide bonds. The molecule has 3 rings (SSSR count). The molecular weight excluding hydrogens is 234 g/mol. The van der Waals surface area contributed by atoms with E-state index in [0.717, 1.165) is 16.7 Å². The number of para-hydroxylation sites is 1. The molecule has 0 aliphatic heterocycles. The van der Waals surface area contributed by atoms with Gasteiger partial charge in [-0.1, -0.05) is 24.3 Å². The lowest BCUT2D eigenvalue weighted by Crippen LogP contribution is -1.90. The van der Waals surface area contributed by atoms with Gasteiger partial charge in [-0.15, -0.1) is 0 Å². The zero-order valence-corrected chi connectivity index (χ0v) is 11.1. The summed E-state index contributed by atoms with van der Waals surface area (Å²) in [6, 6.07) is 18.0. The van der Waals surface area contributed by atoms with Crippen LogP contribution in [0.3, 0.4) is 0 Å². The van der Waals surface area contributed by atoms with Gasteiger partial charge >= 0.3 is 0 Å². The minimum atomic E-state index is 0.627. The van der Waals surface area contributed by atoms with Crippen molar-refractivity contribution >= 4 is 10.9 Å². The van der Waals surface area contributed by atoms with Crippen LogP contribution < -0.4 is 4.74 Å². The van der Waals surface area contributed by atoms with Crippen molar-refractivity contribution in [3.8, 4) is 11.6 Å². The molecule has 0 radical (unpaired) electrons. The molecule has 0 aliphatic carbocycles. The van der Waals surface area contributed by atoms with Crippen molar-refractivity contribution < 1.29 is 4.74 Å². The van der Waals surface area contributed by atoms with Gasteiger partial charge in [-0.3, -0.25) is 0 Å². The Balaban J connectivity index is 1.94. The number of fused-ring (bicyclic) bond motifs is 1. The minimum Gasteiger partial charge on any atom is -0.439 e. The quantitative estimate of drug-likeness (QED) is 0.659. The maximum absolute atomic E-state index is 5.81. The molecule has 94 valence electrons. The molecule has 0 N–H and O–H groups in total. The molecule has 0 unspecified atom stereocenters. The van der Waals surface area contributed by atoms with Crippen LogP contribution in [0.15, 0.2) is 54.6 Å². The van der Waals surface area contributed by atoms with Crippen molar-refractivity contribution in [1.82, 2.24) is 4.98 Å². The lowest BCUT2D eigenvalue weighted by atomic mass is 10.1. The van der Waals surface area contributed by atoms with Crippen molar-refractivity contribution in [3.05, 3.63) is 65.7 Å². The lowest BCUT2D eigenvalue weighted by Gasteiger charge is -2.07. The van der Waals surface area contributed by atoms with Crippen LogP contribution in [0.25, 0.3) is 10.9 Å². The van der Waals surface area contributed by atoms with E-state index in [1.807, 2.05) is 48.5 Å². The number of rotatable bonds is 2. The maximum atomic E-state index is 5.81. The molecule has 0 aliphatic rings. The van der Waals surface area contributed by atoms with Crippen LogP contribution in [0.1, 0.15) is 11.1 Å². The van der Waals surface area contributed by atoms with Crippen LogP contribution in [-0.4, -0.2) is 4.98 Å². The van der Waals surface area contributed by atoms with Gasteiger partial charge in [0.1, 0.15) is 5.75 Å². The van der Waals surface area contributed by atoms with Gasteiger partial charge in [0.2, 0.25) is 5.88 Å². The normalized spacial score (nSPS) is 10.6. The van der Waals surface area contributed by atoms with Crippen molar-refractivity contribution in [2.24, 2.45) is 0 Å². The average molecular weight is 249 g/mol. The number of aromatic nitrogens is 1. The van der Waals surface area contributed by atoms with Gasteiger partial charge in [0.05, 0.1) is 5.52 Å². The zero-order chi connectivity index (χ0) is 13.2. The van der Waals surface area contributed by atoms with Gasteiger partial charge in [-0.25, -0.2) is 4.98 Å². The summed E-state index contributed by atoms with van der Waals surface area (Å²) in [4.78, 5) is 4.50. The van der Waals surface area contributed by atoms with Crippen molar-refractivity contribution in [1.29, 1.82) is 0 Å². The lowest BCUT2D eigenvalue weighted by molar-refractivity contribution is 0.464. The molecule has 0 atom stereocenters. The Morgan fingerprint density at radius 1 is 0.842 bits per heavy atom. The van der Waals surface area contributed by atoms with E-state index in [1.165, 1.54) is 11.1 Å². The Kier molecular flexibility index (Phi) is 2.92. The van der Waals surface area contributed by atoms with Crippen LogP contribution in [0.2, 0.25) is 0 Å². The highest BCUT2D eigenvalue weighted by Gasteiger charge is 2.02. The van der Waals surface area contributed by atoms with Crippen LogP contribution in [0.4, 0.5) is 0 Å². The summed E-state index contributed by atoms with van der Waals surface area (Å²) >= 11 is 0. The average Bonchev–Trinajstić information content (AvgIpc) is 2.43. The molecule has 0 bridgehead atoms. The van der Waals surface area contributed by atoms with Crippen LogP contribution in [-0.2, 0) is 0 Å². The summed E-state index contributed by atoms with van der Waals surface area (Å²) < 4.78 is 5.81. The van der Waals surface area contributed by atoms with Gasteiger partial charge in [0.15, 0.2) is 0 Å². The molecule has 2 nitrogen and oxygen atoms in total. The Labute approximate surface area is 112 Å². The molecule has 2 heteroatoms. The summed E-state index contributed by atoms with van der Waals surface area (Å²) in [5.41, 5.74) is 3.43. The van der Waals surface area contributed by atoms with Crippen LogP contribution >= 0.6 is 0 Å². The molecular formula is C17H15NO. The highest BCUT2D eigenvalue weighted by Crippen LogP contribution is 2.24. The fraction of sp³-hybridized carbons (Fsp3) is 0.118. The van der Waals surface area contributed by atoms with E-state index in [-0.39, 0.29) is 0 Å². The number of nitrogens with zero attached hydrogens (tertiary/aromatic N) is 1. The third-order valence-corrected chi connectivity index (χ3v) is 3.27. The summed E-state index contributed by atoms with van der Waals surface area (Å²) in [5, 5.41) is 1.12. The molecule has 3 aromatic rings. The first-order valence-corrected chi connectivity index (χ1v) is 6.33. The summed E-state index contributed by atoms with van der Waals surface area (Å²) in [6.45, 7) is 4.17. The number of pyridine rings is 1. The first kappa shape index (κ1) is 11.7. The largest absolute Gasteiger partial charge is 0.439 e. The third kappa shape index (κ3) is 2.43. The van der Waals surface area contributed by atoms with E-state index in [1.54, 1.807) is 0 Å². The van der Waals surface area contributed by atoms with Gasteiger partial charge < -0.3 is 4.74 Å². The Hall–Kier alpha value is -2.35. The smallest absolute Gasteiger partial charge is 0.219 e. The summed E-state index contributed by atoms with van der Waals surface area (Å²) in [7, 11) is 0. The zero-order valence-electron chi connectivity index (χ0n) is 11.1. The van der Waals surface area contributed by atoms with E-state index in [4.69, 9.17) is 4.74 Å². The summed E-state index contributed by atoms with van der Waals surface area (Å²) in [6.07, 6.45) is 0. The van der Waals surface area contributed by atoms with E-state index >= 15 is 0 Å². The second-order valence-corrected chi connectivity index (χ2v) is 4.69. The van der Waals surface area contributed by atoms with E-state index in [9.17, 15) is 0 Å². The maximum Gasteiger partial charge on any atom is 0.219 e. The van der Waals surface area contributed by atoms with Crippen LogP contribution in [0, 0.1) is 13.8 Å². The Morgan fingerprint density at radius 3 is 2.53 bits per heavy atom. The van der Waals surface area contributed by atoms with Crippen molar-refractivity contribution in [3.63, 3.8) is 0 Å². The molecule has 19 heavy (non-hydrogen) atoms. The van der Waals surface area contributed by atoms with Crippen molar-refractivity contribution in [2.75, 3.05) is 0 Å². The third-order valence-electron chi connectivity index (χ3n) is 3.27. The second kappa shape index (κ2) is 4.73. The van der Waals surface area contributed by atoms with Gasteiger partial charge in [0.25, 0.3) is 0 Å². The number of benzene rings is 2. The monoisotopic (exact) mass is 249 g/mol. The number of ether oxygens (including phenoxy) is 1. The first-order chi connectivity index (χ1) is 9.22. The number of hydrogen-bond donors (Lipinski definition) is 0. The molecule has 1 heterocycles. The SMILES string of the molecule is Cc1ccc(Oc2ccc3ccccc3n2)cc1C. The van der Waals surface area contributed by atoms with E-state index in [2.05, 4.69) is 24.9 Å². The number of hydrogen-bond acceptors (Lipinski definition) is 2. The fourth-order valence-corrected chi connectivity index (χ4v) is 2.00. The molecule has 1 aromatic heterocycles. The highest BCUT2D eigenvalue weighted by molar-refractivity contribution is 5.78. The van der Waals surface area contributed by atoms with Crippen LogP contribution in [0.5, 0.6) is 11.6 Å². The minimum absolute atomic E-state index is 0.627. The molecule has 0 fully saturated rings. The predicted molar refractivity (Wildman–Crippen MR) is 77.7 cm³/mol. The Bertz CT molecular complexity index is 734. The molecule has 0 saturated carbocycles. The molecule has 0 saturated heterocycles. The fourth-order valence-electron chi connectivity index (χ4n) is 2.00. The Morgan fingerprint density at radius 2 is 1.68 bits per heavy atom. The van der Waals surface area contributed by atoms with E-state index in [0.29, 0.717) is 5.88 Å². The first-order valence-electron chi connectivity index (χ1n) is 6.33. The molecule has 0 spiro atoms. The topological polar surface area (TPSA) is 22.1 Å². The molecule has 2 aromatic carbocycles. The predicted octanol–water partition coefficient (Wildman–Crippen LogP) is 4.64. The van der Waals surface area contributed by atoms with Gasteiger partial charge in [-0.2, -0.15) is 0 Å². The van der Waals surface area contributed by atoms with E-state index < -0.39 is 0 Å². The highest BCUT2D eigenvalue weighted by atomic mass is 16.5. The van der Waals surface area contributed by atoms with Gasteiger partial charge in [0, 0.05) is 11.5 Å². The second-order valence-electron chi connectivity index (χ2n) is 4.69. The standard InChI is InChI=1S/C17H15NO/c1-12-7-9-15(11-13(12)2)19-17-10-8-14-5-3-4-6-16(14)18-17/h3-11H,1-2H3. The van der Waals surface area contributed by atoms with Gasteiger partial charge in [-0.05, 0) is 49.2 Å². The number of aryl methyl sites for hydroxylation is 2. The van der Waals surface area contributed by atoms with Crippen molar-refractivity contribution in [2.45, 2.75) is 13.8 Å².